The molecule has 10 rings (SSSR count). The number of rotatable bonds is 9. The SMILES string of the molecule is [2H]c1c([2H])c([2H])c(-c2c([2H])c([2H])c(N(c3ccc(-c4ccc(-c5ccccc5)c(-c5ccccc5)c4)cc3)c3ccc(-c4ccc5ccccc5c4-c4ccccc4)cc3)c([2H])c2[2H])c([2H])c1[2H]. The van der Waals surface area contributed by atoms with Crippen molar-refractivity contribution in [2.75, 3.05) is 4.90 Å². The molecule has 278 valence electrons. The maximum absolute atomic E-state index is 9.51. The van der Waals surface area contributed by atoms with Crippen molar-refractivity contribution in [2.24, 2.45) is 0 Å². The van der Waals surface area contributed by atoms with Crippen molar-refractivity contribution in [3.05, 3.63) is 249 Å². The van der Waals surface area contributed by atoms with Crippen LogP contribution in [-0.2, 0) is 0 Å². The molecular formula is C58H41N. The molecule has 1 heteroatoms. The Morgan fingerprint density at radius 1 is 0.288 bits per heavy atom. The van der Waals surface area contributed by atoms with E-state index in [-0.39, 0.29) is 11.3 Å². The van der Waals surface area contributed by atoms with Crippen LogP contribution in [0.4, 0.5) is 17.1 Å². The molecule has 0 saturated heterocycles. The summed E-state index contributed by atoms with van der Waals surface area (Å²) in [4.78, 5) is 1.69. The van der Waals surface area contributed by atoms with Gasteiger partial charge in [-0.2, -0.15) is 0 Å². The summed E-state index contributed by atoms with van der Waals surface area (Å²) >= 11 is 0. The Kier molecular flexibility index (Phi) is 7.33. The molecule has 0 unspecified atom stereocenters. The van der Waals surface area contributed by atoms with Crippen LogP contribution in [0.1, 0.15) is 12.3 Å². The lowest BCUT2D eigenvalue weighted by Gasteiger charge is -2.26. The zero-order chi connectivity index (χ0) is 47.2. The average Bonchev–Trinajstić information content (AvgIpc) is 3.39. The van der Waals surface area contributed by atoms with E-state index in [2.05, 4.69) is 78.9 Å². The first-order valence-corrected chi connectivity index (χ1v) is 19.5. The summed E-state index contributed by atoms with van der Waals surface area (Å²) in [6, 6.07) is 60.2. The molecule has 0 heterocycles. The maximum atomic E-state index is 9.51. The van der Waals surface area contributed by atoms with Crippen molar-refractivity contribution in [1.29, 1.82) is 0 Å². The van der Waals surface area contributed by atoms with Gasteiger partial charge in [-0.15, -0.1) is 0 Å². The Bertz CT molecular complexity index is 3470. The van der Waals surface area contributed by atoms with Crippen molar-refractivity contribution in [3.63, 3.8) is 0 Å². The van der Waals surface area contributed by atoms with E-state index in [0.717, 1.165) is 66.4 Å². The minimum Gasteiger partial charge on any atom is -0.311 e. The summed E-state index contributed by atoms with van der Waals surface area (Å²) in [6.07, 6.45) is 0. The highest BCUT2D eigenvalue weighted by Crippen LogP contribution is 2.42. The molecule has 0 bridgehead atoms. The Morgan fingerprint density at radius 2 is 0.780 bits per heavy atom. The second-order valence-electron chi connectivity index (χ2n) is 14.2. The van der Waals surface area contributed by atoms with Gasteiger partial charge in [0.15, 0.2) is 0 Å². The van der Waals surface area contributed by atoms with Crippen molar-refractivity contribution in [2.45, 2.75) is 0 Å². The Hall–Kier alpha value is -7.74. The van der Waals surface area contributed by atoms with Gasteiger partial charge in [0.2, 0.25) is 0 Å². The highest BCUT2D eigenvalue weighted by atomic mass is 15.1. The molecule has 59 heavy (non-hydrogen) atoms. The van der Waals surface area contributed by atoms with E-state index in [9.17, 15) is 5.48 Å². The largest absolute Gasteiger partial charge is 0.311 e. The average molecular weight is 761 g/mol. The third-order valence-corrected chi connectivity index (χ3v) is 10.7. The molecule has 0 aliphatic rings. The normalized spacial score (nSPS) is 13.2. The van der Waals surface area contributed by atoms with Crippen molar-refractivity contribution in [1.82, 2.24) is 0 Å². The highest BCUT2D eigenvalue weighted by Gasteiger charge is 2.17. The van der Waals surface area contributed by atoms with Crippen LogP contribution < -0.4 is 4.90 Å². The number of anilines is 3. The van der Waals surface area contributed by atoms with Gasteiger partial charge in [0.05, 0.1) is 12.3 Å². The van der Waals surface area contributed by atoms with Crippen molar-refractivity contribution >= 4 is 27.8 Å². The molecule has 10 aromatic rings. The lowest BCUT2D eigenvalue weighted by molar-refractivity contribution is 1.28. The lowest BCUT2D eigenvalue weighted by Crippen LogP contribution is -2.09. The van der Waals surface area contributed by atoms with Gasteiger partial charge in [0, 0.05) is 17.1 Å². The first kappa shape index (κ1) is 27.0. The molecule has 0 saturated carbocycles. The summed E-state index contributed by atoms with van der Waals surface area (Å²) in [7, 11) is 0. The Morgan fingerprint density at radius 3 is 1.42 bits per heavy atom. The van der Waals surface area contributed by atoms with E-state index in [0.29, 0.717) is 11.4 Å². The zero-order valence-corrected chi connectivity index (χ0v) is 31.9. The molecule has 10 aromatic carbocycles. The smallest absolute Gasteiger partial charge is 0.0645 e. The Labute approximate surface area is 359 Å². The van der Waals surface area contributed by atoms with Crippen molar-refractivity contribution in [3.8, 4) is 66.8 Å². The van der Waals surface area contributed by atoms with Crippen LogP contribution >= 0.6 is 0 Å². The summed E-state index contributed by atoms with van der Waals surface area (Å²) in [5.74, 6) is 0. The minimum absolute atomic E-state index is 0.0640. The zero-order valence-electron chi connectivity index (χ0n) is 40.9. The number of nitrogens with zero attached hydrogens (tertiary/aromatic N) is 1. The fourth-order valence-electron chi connectivity index (χ4n) is 7.80. The van der Waals surface area contributed by atoms with E-state index in [1.165, 1.54) is 0 Å². The fraction of sp³-hybridized carbons (Fsp3) is 0. The van der Waals surface area contributed by atoms with Crippen LogP contribution in [0.25, 0.3) is 77.5 Å². The van der Waals surface area contributed by atoms with Crippen molar-refractivity contribution < 1.29 is 12.3 Å². The number of hydrogen-bond donors (Lipinski definition) is 0. The van der Waals surface area contributed by atoms with Gasteiger partial charge in [-0.05, 0) is 120 Å². The van der Waals surface area contributed by atoms with Gasteiger partial charge in [0.25, 0.3) is 0 Å². The molecule has 0 fully saturated rings. The molecule has 0 radical (unpaired) electrons. The molecule has 0 aliphatic carbocycles. The second-order valence-corrected chi connectivity index (χ2v) is 14.2. The van der Waals surface area contributed by atoms with Crippen LogP contribution in [0.2, 0.25) is 0 Å². The first-order valence-electron chi connectivity index (χ1n) is 24.0. The molecule has 0 amide bonds. The maximum Gasteiger partial charge on any atom is 0.0645 e. The summed E-state index contributed by atoms with van der Waals surface area (Å²) < 4.78 is 79.7. The summed E-state index contributed by atoms with van der Waals surface area (Å²) in [6.45, 7) is 0. The molecule has 0 N–H and O–H groups in total. The Balaban J connectivity index is 1.13. The molecule has 0 atom stereocenters. The van der Waals surface area contributed by atoms with Gasteiger partial charge < -0.3 is 4.90 Å². The molecule has 0 aliphatic heterocycles. The van der Waals surface area contributed by atoms with E-state index >= 15 is 0 Å². The van der Waals surface area contributed by atoms with Gasteiger partial charge in [-0.25, -0.2) is 0 Å². The fourth-order valence-corrected chi connectivity index (χ4v) is 7.80. The van der Waals surface area contributed by atoms with Gasteiger partial charge in [-0.1, -0.05) is 206 Å². The number of hydrogen-bond acceptors (Lipinski definition) is 1. The third kappa shape index (κ3) is 7.23. The van der Waals surface area contributed by atoms with Gasteiger partial charge >= 0.3 is 0 Å². The number of benzene rings is 10. The molecule has 0 spiro atoms. The lowest BCUT2D eigenvalue weighted by atomic mass is 9.90. The van der Waals surface area contributed by atoms with Crippen LogP contribution in [0, 0.1) is 0 Å². The van der Waals surface area contributed by atoms with E-state index < -0.39 is 59.9 Å². The van der Waals surface area contributed by atoms with E-state index in [1.54, 1.807) is 4.90 Å². The summed E-state index contributed by atoms with van der Waals surface area (Å²) in [5.41, 5.74) is 10.6. The van der Waals surface area contributed by atoms with E-state index in [4.69, 9.17) is 6.85 Å². The first-order chi connectivity index (χ1) is 33.0. The highest BCUT2D eigenvalue weighted by molar-refractivity contribution is 6.04. The third-order valence-electron chi connectivity index (χ3n) is 10.7. The van der Waals surface area contributed by atoms with Crippen LogP contribution in [0.3, 0.4) is 0 Å². The van der Waals surface area contributed by atoms with Gasteiger partial charge in [-0.3, -0.25) is 0 Å². The van der Waals surface area contributed by atoms with Crippen LogP contribution in [0.5, 0.6) is 0 Å². The predicted molar refractivity (Wildman–Crippen MR) is 251 cm³/mol. The number of fused-ring (bicyclic) bond motifs is 1. The minimum atomic E-state index is -0.629. The van der Waals surface area contributed by atoms with Crippen LogP contribution in [0.15, 0.2) is 249 Å². The van der Waals surface area contributed by atoms with Crippen LogP contribution in [-0.4, -0.2) is 0 Å². The monoisotopic (exact) mass is 760 g/mol. The quantitative estimate of drug-likeness (QED) is 0.142. The van der Waals surface area contributed by atoms with E-state index in [1.807, 2.05) is 115 Å². The predicted octanol–water partition coefficient (Wildman–Crippen LogP) is 16.3. The molecule has 0 aromatic heterocycles. The summed E-state index contributed by atoms with van der Waals surface area (Å²) in [5, 5.41) is 2.22. The second kappa shape index (κ2) is 16.0. The molecular weight excluding hydrogens is 711 g/mol. The topological polar surface area (TPSA) is 3.24 Å². The standard InChI is InChI=1S/C58H41N/c1-5-15-42(16-6-1)43-25-33-51(34-26-43)59(53-37-29-48(30-38-53)56-40-31-47-21-13-14-24-55(47)58(56)49-22-11-4-12-23-49)52-35-27-44(28-36-52)50-32-39-54(45-17-7-2-8-18-45)57(41-50)46-19-9-3-10-20-46/h1-41H/i1D,5D,6D,15D,16D,25D,26D,33D,34D. The van der Waals surface area contributed by atoms with Gasteiger partial charge in [0.1, 0.15) is 0 Å². The molecule has 1 nitrogen and oxygen atoms in total.